The Balaban J connectivity index is 1.72. The van der Waals surface area contributed by atoms with Crippen molar-refractivity contribution < 1.29 is 13.2 Å². The van der Waals surface area contributed by atoms with Gasteiger partial charge in [0.1, 0.15) is 0 Å². The maximum absolute atomic E-state index is 12.5. The molecule has 0 bridgehead atoms. The first-order valence-corrected chi connectivity index (χ1v) is 12.0. The zero-order chi connectivity index (χ0) is 21.0. The van der Waals surface area contributed by atoms with E-state index >= 15 is 0 Å². The Hall–Kier alpha value is -2.14. The quantitative estimate of drug-likeness (QED) is 0.383. The Morgan fingerprint density at radius 2 is 1.86 bits per heavy atom. The molecular weight excluding hydrogens is 452 g/mol. The number of thioether (sulfide) groups is 1. The van der Waals surface area contributed by atoms with Gasteiger partial charge in [-0.1, -0.05) is 66.7 Å². The van der Waals surface area contributed by atoms with Crippen molar-refractivity contribution in [2.75, 3.05) is 10.0 Å². The van der Waals surface area contributed by atoms with Gasteiger partial charge < -0.3 is 0 Å². The van der Waals surface area contributed by atoms with E-state index in [1.54, 1.807) is 30.0 Å². The number of rotatable bonds is 7. The molecule has 2 N–H and O–H groups in total. The van der Waals surface area contributed by atoms with Crippen LogP contribution in [0, 0.1) is 0 Å². The summed E-state index contributed by atoms with van der Waals surface area (Å²) in [5.74, 6) is -0.454. The SMILES string of the molecule is CC(C)Sc1nnc(NC(=O)c2ccc(NS(=O)(=O)c3ccccc3)cc2Cl)s1. The van der Waals surface area contributed by atoms with Crippen LogP contribution >= 0.6 is 34.7 Å². The number of hydrogen-bond donors (Lipinski definition) is 2. The van der Waals surface area contributed by atoms with Gasteiger partial charge in [-0.3, -0.25) is 14.8 Å². The van der Waals surface area contributed by atoms with Crippen molar-refractivity contribution >= 4 is 61.4 Å². The molecule has 1 amide bonds. The van der Waals surface area contributed by atoms with Crippen LogP contribution in [0.15, 0.2) is 57.8 Å². The summed E-state index contributed by atoms with van der Waals surface area (Å²) >= 11 is 9.03. The van der Waals surface area contributed by atoms with E-state index in [1.807, 2.05) is 13.8 Å². The molecular formula is C18H17ClN4O3S3. The first kappa shape index (κ1) is 21.6. The van der Waals surface area contributed by atoms with E-state index in [-0.39, 0.29) is 21.2 Å². The summed E-state index contributed by atoms with van der Waals surface area (Å²) in [7, 11) is -3.75. The second-order valence-electron chi connectivity index (χ2n) is 6.11. The van der Waals surface area contributed by atoms with Gasteiger partial charge in [-0.2, -0.15) is 0 Å². The van der Waals surface area contributed by atoms with E-state index < -0.39 is 15.9 Å². The number of anilines is 2. The number of nitrogens with one attached hydrogen (secondary N) is 2. The summed E-state index contributed by atoms with van der Waals surface area (Å²) in [6.45, 7) is 4.08. The van der Waals surface area contributed by atoms with Crippen LogP contribution in [-0.4, -0.2) is 29.8 Å². The number of hydrogen-bond acceptors (Lipinski definition) is 7. The van der Waals surface area contributed by atoms with Crippen LogP contribution in [0.5, 0.6) is 0 Å². The number of carbonyl (C=O) groups excluding carboxylic acids is 1. The molecule has 0 unspecified atom stereocenters. The number of amides is 1. The molecule has 1 aromatic heterocycles. The summed E-state index contributed by atoms with van der Waals surface area (Å²) in [5.41, 5.74) is 0.449. The predicted molar refractivity (Wildman–Crippen MR) is 118 cm³/mol. The summed E-state index contributed by atoms with van der Waals surface area (Å²) < 4.78 is 28.0. The largest absolute Gasteiger partial charge is 0.296 e. The third kappa shape index (κ3) is 5.69. The first-order chi connectivity index (χ1) is 13.7. The van der Waals surface area contributed by atoms with Gasteiger partial charge in [-0.05, 0) is 30.3 Å². The zero-order valence-electron chi connectivity index (χ0n) is 15.4. The van der Waals surface area contributed by atoms with Crippen molar-refractivity contribution in [1.82, 2.24) is 10.2 Å². The minimum absolute atomic E-state index is 0.108. The number of carbonyl (C=O) groups is 1. The lowest BCUT2D eigenvalue weighted by Gasteiger charge is -2.10. The van der Waals surface area contributed by atoms with Gasteiger partial charge in [0.2, 0.25) is 5.13 Å². The van der Waals surface area contributed by atoms with Crippen molar-refractivity contribution in [2.45, 2.75) is 28.3 Å². The molecule has 0 saturated carbocycles. The zero-order valence-corrected chi connectivity index (χ0v) is 18.6. The maximum atomic E-state index is 12.5. The minimum atomic E-state index is -3.75. The van der Waals surface area contributed by atoms with Gasteiger partial charge in [-0.15, -0.1) is 10.2 Å². The fourth-order valence-electron chi connectivity index (χ4n) is 2.25. The topological polar surface area (TPSA) is 101 Å². The highest BCUT2D eigenvalue weighted by Gasteiger charge is 2.17. The lowest BCUT2D eigenvalue weighted by Crippen LogP contribution is -2.14. The lowest BCUT2D eigenvalue weighted by atomic mass is 10.2. The van der Waals surface area contributed by atoms with E-state index in [1.165, 1.54) is 41.7 Å². The average Bonchev–Trinajstić information content (AvgIpc) is 3.08. The van der Waals surface area contributed by atoms with Crippen LogP contribution in [0.3, 0.4) is 0 Å². The molecule has 0 aliphatic heterocycles. The third-order valence-electron chi connectivity index (χ3n) is 3.48. The Bertz CT molecular complexity index is 1120. The van der Waals surface area contributed by atoms with Crippen molar-refractivity contribution in [3.05, 3.63) is 59.1 Å². The second-order valence-corrected chi connectivity index (χ2v) is 11.0. The monoisotopic (exact) mass is 468 g/mol. The van der Waals surface area contributed by atoms with Crippen LogP contribution in [0.2, 0.25) is 5.02 Å². The molecule has 0 aliphatic rings. The number of nitrogens with zero attached hydrogens (tertiary/aromatic N) is 2. The molecule has 0 spiro atoms. The van der Waals surface area contributed by atoms with Gasteiger partial charge in [0, 0.05) is 5.25 Å². The normalized spacial score (nSPS) is 11.4. The van der Waals surface area contributed by atoms with Crippen LogP contribution in [-0.2, 0) is 10.0 Å². The molecule has 152 valence electrons. The summed E-state index contributed by atoms with van der Waals surface area (Å²) in [6.07, 6.45) is 0. The van der Waals surface area contributed by atoms with Crippen LogP contribution in [0.25, 0.3) is 0 Å². The van der Waals surface area contributed by atoms with Crippen molar-refractivity contribution in [1.29, 1.82) is 0 Å². The maximum Gasteiger partial charge on any atom is 0.261 e. The van der Waals surface area contributed by atoms with Gasteiger partial charge >= 0.3 is 0 Å². The fourth-order valence-corrected chi connectivity index (χ4v) is 5.56. The minimum Gasteiger partial charge on any atom is -0.296 e. The Labute approximate surface area is 182 Å². The Morgan fingerprint density at radius 3 is 2.52 bits per heavy atom. The Morgan fingerprint density at radius 1 is 1.14 bits per heavy atom. The van der Waals surface area contributed by atoms with E-state index in [4.69, 9.17) is 11.6 Å². The first-order valence-electron chi connectivity index (χ1n) is 8.43. The highest BCUT2D eigenvalue weighted by Crippen LogP contribution is 2.29. The molecule has 11 heteroatoms. The van der Waals surface area contributed by atoms with Gasteiger partial charge in [0.05, 0.1) is 21.2 Å². The van der Waals surface area contributed by atoms with E-state index in [0.29, 0.717) is 10.4 Å². The van der Waals surface area contributed by atoms with Crippen molar-refractivity contribution in [3.8, 4) is 0 Å². The molecule has 3 rings (SSSR count). The van der Waals surface area contributed by atoms with Crippen LogP contribution < -0.4 is 10.0 Å². The van der Waals surface area contributed by atoms with Crippen molar-refractivity contribution in [3.63, 3.8) is 0 Å². The number of sulfonamides is 1. The average molecular weight is 469 g/mol. The van der Waals surface area contributed by atoms with Crippen LogP contribution in [0.1, 0.15) is 24.2 Å². The lowest BCUT2D eigenvalue weighted by molar-refractivity contribution is 0.102. The van der Waals surface area contributed by atoms with E-state index in [9.17, 15) is 13.2 Å². The molecule has 7 nitrogen and oxygen atoms in total. The number of benzene rings is 2. The highest BCUT2D eigenvalue weighted by atomic mass is 35.5. The molecule has 0 fully saturated rings. The van der Waals surface area contributed by atoms with Crippen LogP contribution in [0.4, 0.5) is 10.8 Å². The molecule has 0 saturated heterocycles. The van der Waals surface area contributed by atoms with Gasteiger partial charge in [0.25, 0.3) is 15.9 Å². The van der Waals surface area contributed by atoms with Gasteiger partial charge in [0.15, 0.2) is 4.34 Å². The summed E-state index contributed by atoms with van der Waals surface area (Å²) in [4.78, 5) is 12.6. The fraction of sp³-hybridized carbons (Fsp3) is 0.167. The molecule has 29 heavy (non-hydrogen) atoms. The number of aromatic nitrogens is 2. The summed E-state index contributed by atoms with van der Waals surface area (Å²) in [6, 6.07) is 12.3. The molecule has 2 aromatic carbocycles. The molecule has 1 heterocycles. The number of halogens is 1. The molecule has 0 atom stereocenters. The van der Waals surface area contributed by atoms with Gasteiger partial charge in [-0.25, -0.2) is 8.42 Å². The second kappa shape index (κ2) is 9.12. The third-order valence-corrected chi connectivity index (χ3v) is 7.12. The highest BCUT2D eigenvalue weighted by molar-refractivity contribution is 8.01. The van der Waals surface area contributed by atoms with Crippen molar-refractivity contribution in [2.24, 2.45) is 0 Å². The molecule has 0 radical (unpaired) electrons. The van der Waals surface area contributed by atoms with E-state index in [2.05, 4.69) is 20.2 Å². The smallest absolute Gasteiger partial charge is 0.261 e. The van der Waals surface area contributed by atoms with E-state index in [0.717, 1.165) is 4.34 Å². The predicted octanol–water partition coefficient (Wildman–Crippen LogP) is 4.75. The standard InChI is InChI=1S/C18H17ClN4O3S3/c1-11(2)27-18-22-21-17(28-18)20-16(24)14-9-8-12(10-15(14)19)23-29(25,26)13-6-4-3-5-7-13/h3-11,23H,1-2H3,(H,20,21,24). The molecule has 0 aliphatic carbocycles. The molecule has 3 aromatic rings. The Kier molecular flexibility index (Phi) is 6.78. The summed E-state index contributed by atoms with van der Waals surface area (Å²) in [5, 5.41) is 11.4.